The minimum atomic E-state index is -0.437. The van der Waals surface area contributed by atoms with Crippen molar-refractivity contribution in [2.24, 2.45) is 0 Å². The molecule has 0 radical (unpaired) electrons. The predicted octanol–water partition coefficient (Wildman–Crippen LogP) is 2.93. The average molecular weight is 363 g/mol. The first kappa shape index (κ1) is 18.3. The van der Waals surface area contributed by atoms with Crippen molar-refractivity contribution in [3.8, 4) is 11.4 Å². The molecule has 1 aromatic heterocycles. The highest BCUT2D eigenvalue weighted by molar-refractivity contribution is 5.95. The van der Waals surface area contributed by atoms with Gasteiger partial charge in [0.25, 0.3) is 11.8 Å². The fourth-order valence-corrected chi connectivity index (χ4v) is 2.53. The molecular formula is C21H21N3O3. The van der Waals surface area contributed by atoms with Crippen LogP contribution in [-0.4, -0.2) is 23.0 Å². The largest absolute Gasteiger partial charge is 0.483 e. The van der Waals surface area contributed by atoms with E-state index in [1.165, 1.54) is 0 Å². The van der Waals surface area contributed by atoms with Gasteiger partial charge in [-0.2, -0.15) is 0 Å². The Bertz CT molecular complexity index is 932. The second kappa shape index (κ2) is 8.23. The SMILES string of the molecule is Cc1ccc(C)c(OCC(=O)NNC(=O)c2ccc(-n3cccc3)cc2)c1. The van der Waals surface area contributed by atoms with Gasteiger partial charge in [-0.25, -0.2) is 0 Å². The summed E-state index contributed by atoms with van der Waals surface area (Å²) in [4.78, 5) is 24.1. The third kappa shape index (κ3) is 4.76. The first-order valence-electron chi connectivity index (χ1n) is 8.55. The van der Waals surface area contributed by atoms with Gasteiger partial charge in [-0.3, -0.25) is 20.4 Å². The molecule has 0 bridgehead atoms. The van der Waals surface area contributed by atoms with E-state index in [1.807, 2.05) is 73.3 Å². The Labute approximate surface area is 157 Å². The molecule has 0 spiro atoms. The molecule has 0 aliphatic rings. The number of amides is 2. The van der Waals surface area contributed by atoms with Crippen molar-refractivity contribution in [2.75, 3.05) is 6.61 Å². The number of benzene rings is 2. The van der Waals surface area contributed by atoms with Crippen LogP contribution >= 0.6 is 0 Å². The van der Waals surface area contributed by atoms with E-state index in [1.54, 1.807) is 12.1 Å². The first-order valence-corrected chi connectivity index (χ1v) is 8.55. The lowest BCUT2D eigenvalue weighted by Crippen LogP contribution is -2.43. The van der Waals surface area contributed by atoms with Crippen LogP contribution in [0.15, 0.2) is 67.0 Å². The standard InChI is InChI=1S/C21H21N3O3/c1-15-5-6-16(2)19(13-15)27-14-20(25)22-23-21(26)17-7-9-18(10-8-17)24-11-3-4-12-24/h3-13H,14H2,1-2H3,(H,22,25)(H,23,26). The topological polar surface area (TPSA) is 72.4 Å². The smallest absolute Gasteiger partial charge is 0.276 e. The van der Waals surface area contributed by atoms with Crippen molar-refractivity contribution in [1.82, 2.24) is 15.4 Å². The van der Waals surface area contributed by atoms with E-state index in [2.05, 4.69) is 10.9 Å². The molecule has 0 fully saturated rings. The molecule has 138 valence electrons. The Kier molecular flexibility index (Phi) is 5.56. The number of hydrogen-bond acceptors (Lipinski definition) is 3. The normalized spacial score (nSPS) is 10.3. The summed E-state index contributed by atoms with van der Waals surface area (Å²) in [6, 6.07) is 16.7. The van der Waals surface area contributed by atoms with Crippen LogP contribution in [0.3, 0.4) is 0 Å². The number of nitrogens with zero attached hydrogens (tertiary/aromatic N) is 1. The Morgan fingerprint density at radius 1 is 0.963 bits per heavy atom. The fraction of sp³-hybridized carbons (Fsp3) is 0.143. The second-order valence-corrected chi connectivity index (χ2v) is 6.20. The monoisotopic (exact) mass is 363 g/mol. The number of hydrogen-bond donors (Lipinski definition) is 2. The van der Waals surface area contributed by atoms with Crippen LogP contribution in [0.1, 0.15) is 21.5 Å². The van der Waals surface area contributed by atoms with Crippen LogP contribution < -0.4 is 15.6 Å². The number of aromatic nitrogens is 1. The molecule has 0 aliphatic carbocycles. The average Bonchev–Trinajstić information content (AvgIpc) is 3.21. The maximum absolute atomic E-state index is 12.1. The molecule has 0 atom stereocenters. The van der Waals surface area contributed by atoms with Crippen molar-refractivity contribution in [2.45, 2.75) is 13.8 Å². The van der Waals surface area contributed by atoms with Crippen LogP contribution in [0.4, 0.5) is 0 Å². The summed E-state index contributed by atoms with van der Waals surface area (Å²) in [5.74, 6) is -0.181. The highest BCUT2D eigenvalue weighted by Crippen LogP contribution is 2.18. The Balaban J connectivity index is 1.49. The first-order chi connectivity index (χ1) is 13.0. The van der Waals surface area contributed by atoms with Crippen LogP contribution in [-0.2, 0) is 4.79 Å². The highest BCUT2D eigenvalue weighted by Gasteiger charge is 2.09. The van der Waals surface area contributed by atoms with E-state index in [0.29, 0.717) is 11.3 Å². The number of carbonyl (C=O) groups is 2. The highest BCUT2D eigenvalue weighted by atomic mass is 16.5. The van der Waals surface area contributed by atoms with Crippen molar-refractivity contribution in [3.63, 3.8) is 0 Å². The number of nitrogens with one attached hydrogen (secondary N) is 2. The molecule has 3 rings (SSSR count). The van der Waals surface area contributed by atoms with Crippen LogP contribution in [0.2, 0.25) is 0 Å². The lowest BCUT2D eigenvalue weighted by atomic mass is 10.1. The number of aryl methyl sites for hydroxylation is 2. The minimum absolute atomic E-state index is 0.183. The van der Waals surface area contributed by atoms with Gasteiger partial charge in [0.05, 0.1) is 0 Å². The Morgan fingerprint density at radius 2 is 1.67 bits per heavy atom. The van der Waals surface area contributed by atoms with Crippen molar-refractivity contribution >= 4 is 11.8 Å². The van der Waals surface area contributed by atoms with E-state index >= 15 is 0 Å². The molecule has 0 saturated heterocycles. The Morgan fingerprint density at radius 3 is 2.37 bits per heavy atom. The lowest BCUT2D eigenvalue weighted by Gasteiger charge is -2.11. The van der Waals surface area contributed by atoms with Gasteiger partial charge in [-0.15, -0.1) is 0 Å². The molecule has 6 heteroatoms. The van der Waals surface area contributed by atoms with Gasteiger partial charge < -0.3 is 9.30 Å². The van der Waals surface area contributed by atoms with Crippen molar-refractivity contribution in [3.05, 3.63) is 83.7 Å². The van der Waals surface area contributed by atoms with Crippen LogP contribution in [0.25, 0.3) is 5.69 Å². The maximum atomic E-state index is 12.1. The van der Waals surface area contributed by atoms with Crippen LogP contribution in [0.5, 0.6) is 5.75 Å². The van der Waals surface area contributed by atoms with Gasteiger partial charge in [-0.05, 0) is 67.4 Å². The number of carbonyl (C=O) groups excluding carboxylic acids is 2. The molecule has 2 amide bonds. The molecule has 27 heavy (non-hydrogen) atoms. The van der Waals surface area contributed by atoms with E-state index in [-0.39, 0.29) is 6.61 Å². The maximum Gasteiger partial charge on any atom is 0.276 e. The van der Waals surface area contributed by atoms with Gasteiger partial charge in [-0.1, -0.05) is 12.1 Å². The van der Waals surface area contributed by atoms with Crippen LogP contribution in [0, 0.1) is 13.8 Å². The second-order valence-electron chi connectivity index (χ2n) is 6.20. The van der Waals surface area contributed by atoms with Crippen molar-refractivity contribution in [1.29, 1.82) is 0 Å². The Hall–Kier alpha value is -3.54. The van der Waals surface area contributed by atoms with Crippen molar-refractivity contribution < 1.29 is 14.3 Å². The molecule has 0 saturated carbocycles. The lowest BCUT2D eigenvalue weighted by molar-refractivity contribution is -0.123. The summed E-state index contributed by atoms with van der Waals surface area (Å²) >= 11 is 0. The molecule has 0 unspecified atom stereocenters. The van der Waals surface area contributed by atoms with Gasteiger partial charge >= 0.3 is 0 Å². The summed E-state index contributed by atoms with van der Waals surface area (Å²) < 4.78 is 7.45. The molecule has 0 aliphatic heterocycles. The molecule has 1 heterocycles. The van der Waals surface area contributed by atoms with Gasteiger partial charge in [0, 0.05) is 23.6 Å². The van der Waals surface area contributed by atoms with E-state index in [0.717, 1.165) is 16.8 Å². The third-order valence-electron chi connectivity index (χ3n) is 4.05. The summed E-state index contributed by atoms with van der Waals surface area (Å²) in [6.07, 6.45) is 3.84. The molecule has 2 N–H and O–H groups in total. The molecule has 2 aromatic carbocycles. The van der Waals surface area contributed by atoms with E-state index in [9.17, 15) is 9.59 Å². The molecular weight excluding hydrogens is 342 g/mol. The quantitative estimate of drug-likeness (QED) is 0.685. The van der Waals surface area contributed by atoms with Gasteiger partial charge in [0.2, 0.25) is 0 Å². The summed E-state index contributed by atoms with van der Waals surface area (Å²) in [6.45, 7) is 3.68. The minimum Gasteiger partial charge on any atom is -0.483 e. The predicted molar refractivity (Wildman–Crippen MR) is 103 cm³/mol. The van der Waals surface area contributed by atoms with E-state index < -0.39 is 11.8 Å². The number of hydrazine groups is 1. The third-order valence-corrected chi connectivity index (χ3v) is 4.05. The molecule has 3 aromatic rings. The van der Waals surface area contributed by atoms with Gasteiger partial charge in [0.1, 0.15) is 5.75 Å². The zero-order valence-electron chi connectivity index (χ0n) is 15.2. The number of ether oxygens (including phenoxy) is 1. The zero-order valence-corrected chi connectivity index (χ0v) is 15.2. The van der Waals surface area contributed by atoms with Gasteiger partial charge in [0.15, 0.2) is 6.61 Å². The zero-order chi connectivity index (χ0) is 19.2. The summed E-state index contributed by atoms with van der Waals surface area (Å²) in [5.41, 5.74) is 8.13. The summed E-state index contributed by atoms with van der Waals surface area (Å²) in [7, 11) is 0. The summed E-state index contributed by atoms with van der Waals surface area (Å²) in [5, 5.41) is 0. The molecule has 6 nitrogen and oxygen atoms in total. The fourth-order valence-electron chi connectivity index (χ4n) is 2.53. The number of rotatable bonds is 5. The van der Waals surface area contributed by atoms with E-state index in [4.69, 9.17) is 4.74 Å².